The van der Waals surface area contributed by atoms with Crippen molar-refractivity contribution in [3.63, 3.8) is 0 Å². The number of nitrogens with one attached hydrogen (secondary N) is 1. The van der Waals surface area contributed by atoms with Crippen molar-refractivity contribution in [3.8, 4) is 0 Å². The molecule has 0 bridgehead atoms. The highest BCUT2D eigenvalue weighted by molar-refractivity contribution is 7.22. The van der Waals surface area contributed by atoms with E-state index in [1.807, 2.05) is 0 Å². The van der Waals surface area contributed by atoms with E-state index in [0.717, 1.165) is 0 Å². The molecule has 6 heteroatoms. The maximum absolute atomic E-state index is 13.2. The van der Waals surface area contributed by atoms with Crippen LogP contribution in [0.4, 0.5) is 9.52 Å². The van der Waals surface area contributed by atoms with Crippen molar-refractivity contribution in [2.75, 3.05) is 11.9 Å². The van der Waals surface area contributed by atoms with Gasteiger partial charge in [-0.2, -0.15) is 0 Å². The zero-order valence-electron chi connectivity index (χ0n) is 7.53. The summed E-state index contributed by atoms with van der Waals surface area (Å²) in [5.41, 5.74) is 0.274. The minimum absolute atomic E-state index is 0.221. The molecule has 0 fully saturated rings. The van der Waals surface area contributed by atoms with E-state index in [2.05, 4.69) is 10.3 Å². The SMILES string of the molecule is O=C(O)CNc1nc2c(F)cccc2s1. The molecular weight excluding hydrogens is 219 g/mol. The summed E-state index contributed by atoms with van der Waals surface area (Å²) >= 11 is 1.23. The molecule has 0 aliphatic heterocycles. The zero-order valence-corrected chi connectivity index (χ0v) is 8.34. The Morgan fingerprint density at radius 1 is 1.60 bits per heavy atom. The molecule has 0 saturated carbocycles. The van der Waals surface area contributed by atoms with Crippen LogP contribution in [0.3, 0.4) is 0 Å². The lowest BCUT2D eigenvalue weighted by Gasteiger charge is -1.94. The summed E-state index contributed by atoms with van der Waals surface area (Å²) < 4.78 is 13.9. The predicted molar refractivity (Wildman–Crippen MR) is 55.7 cm³/mol. The van der Waals surface area contributed by atoms with Crippen molar-refractivity contribution >= 4 is 32.7 Å². The number of carbonyl (C=O) groups is 1. The highest BCUT2D eigenvalue weighted by atomic mass is 32.1. The number of halogens is 1. The molecule has 2 aromatic rings. The van der Waals surface area contributed by atoms with Crippen LogP contribution < -0.4 is 5.32 Å². The standard InChI is InChI=1S/C9H7FN2O2S/c10-5-2-1-3-6-8(5)12-9(15-6)11-4-7(13)14/h1-3H,4H2,(H,11,12)(H,13,14). The van der Waals surface area contributed by atoms with E-state index in [9.17, 15) is 9.18 Å². The first-order valence-electron chi connectivity index (χ1n) is 4.17. The van der Waals surface area contributed by atoms with Crippen LogP contribution in [0.25, 0.3) is 10.2 Å². The summed E-state index contributed by atoms with van der Waals surface area (Å²) in [6.45, 7) is -0.221. The van der Waals surface area contributed by atoms with Crippen LogP contribution in [0.1, 0.15) is 0 Å². The van der Waals surface area contributed by atoms with Crippen molar-refractivity contribution in [2.24, 2.45) is 0 Å². The van der Waals surface area contributed by atoms with Crippen LogP contribution in [0.5, 0.6) is 0 Å². The average molecular weight is 226 g/mol. The molecule has 4 nitrogen and oxygen atoms in total. The van der Waals surface area contributed by atoms with Crippen LogP contribution >= 0.6 is 11.3 Å². The van der Waals surface area contributed by atoms with E-state index in [0.29, 0.717) is 9.83 Å². The van der Waals surface area contributed by atoms with Crippen LogP contribution in [-0.2, 0) is 4.79 Å². The Bertz CT molecular complexity index is 512. The van der Waals surface area contributed by atoms with Crippen LogP contribution in [0.2, 0.25) is 0 Å². The first-order chi connectivity index (χ1) is 7.16. The molecule has 0 saturated heterocycles. The number of carboxylic acids is 1. The third-order valence-electron chi connectivity index (χ3n) is 1.76. The van der Waals surface area contributed by atoms with Crippen LogP contribution in [0.15, 0.2) is 18.2 Å². The number of para-hydroxylation sites is 1. The third-order valence-corrected chi connectivity index (χ3v) is 2.74. The quantitative estimate of drug-likeness (QED) is 0.839. The number of aliphatic carboxylic acids is 1. The molecule has 0 unspecified atom stereocenters. The van der Waals surface area contributed by atoms with Crippen LogP contribution in [-0.4, -0.2) is 22.6 Å². The highest BCUT2D eigenvalue weighted by Crippen LogP contribution is 2.27. The van der Waals surface area contributed by atoms with Gasteiger partial charge in [0, 0.05) is 0 Å². The largest absolute Gasteiger partial charge is 0.480 e. The van der Waals surface area contributed by atoms with Gasteiger partial charge in [0.2, 0.25) is 0 Å². The van der Waals surface area contributed by atoms with Crippen molar-refractivity contribution in [1.82, 2.24) is 4.98 Å². The highest BCUT2D eigenvalue weighted by Gasteiger charge is 2.07. The lowest BCUT2D eigenvalue weighted by molar-refractivity contribution is -0.134. The number of rotatable bonds is 3. The summed E-state index contributed by atoms with van der Waals surface area (Å²) in [5.74, 6) is -1.37. The second-order valence-corrected chi connectivity index (χ2v) is 3.88. The number of aromatic nitrogens is 1. The fraction of sp³-hybridized carbons (Fsp3) is 0.111. The molecule has 2 N–H and O–H groups in total. The minimum Gasteiger partial charge on any atom is -0.480 e. The van der Waals surface area contributed by atoms with Crippen molar-refractivity contribution in [1.29, 1.82) is 0 Å². The molecule has 0 spiro atoms. The van der Waals surface area contributed by atoms with Gasteiger partial charge in [-0.15, -0.1) is 0 Å². The Kier molecular flexibility index (Phi) is 2.51. The van der Waals surface area contributed by atoms with Crippen molar-refractivity contribution < 1.29 is 14.3 Å². The minimum atomic E-state index is -0.977. The Hall–Kier alpha value is -1.69. The van der Waals surface area contributed by atoms with E-state index >= 15 is 0 Å². The molecule has 78 valence electrons. The molecule has 0 atom stereocenters. The second kappa shape index (κ2) is 3.82. The van der Waals surface area contributed by atoms with Gasteiger partial charge in [-0.05, 0) is 12.1 Å². The summed E-state index contributed by atoms with van der Waals surface area (Å²) in [6.07, 6.45) is 0. The van der Waals surface area contributed by atoms with Crippen molar-refractivity contribution in [2.45, 2.75) is 0 Å². The van der Waals surface area contributed by atoms with Gasteiger partial charge in [-0.3, -0.25) is 4.79 Å². The molecule has 0 amide bonds. The third kappa shape index (κ3) is 2.04. The molecular formula is C9H7FN2O2S. The summed E-state index contributed by atoms with van der Waals surface area (Å²) in [4.78, 5) is 14.2. The van der Waals surface area contributed by atoms with Gasteiger partial charge in [0.15, 0.2) is 5.13 Å². The fourth-order valence-electron chi connectivity index (χ4n) is 1.14. The number of carboxylic acid groups (broad SMARTS) is 1. The van der Waals surface area contributed by atoms with E-state index in [1.54, 1.807) is 12.1 Å². The number of thiazole rings is 1. The van der Waals surface area contributed by atoms with Gasteiger partial charge in [-0.25, -0.2) is 9.37 Å². The van der Waals surface area contributed by atoms with Gasteiger partial charge in [0.1, 0.15) is 17.9 Å². The van der Waals surface area contributed by atoms with E-state index < -0.39 is 11.8 Å². The molecule has 0 aliphatic carbocycles. The first kappa shape index (κ1) is 9.85. The normalized spacial score (nSPS) is 10.5. The molecule has 15 heavy (non-hydrogen) atoms. The summed E-state index contributed by atoms with van der Waals surface area (Å²) in [5, 5.41) is 11.5. The fourth-order valence-corrected chi connectivity index (χ4v) is 2.02. The number of fused-ring (bicyclic) bond motifs is 1. The van der Waals surface area contributed by atoms with Gasteiger partial charge >= 0.3 is 5.97 Å². The maximum atomic E-state index is 13.2. The Labute approximate surface area is 88.4 Å². The molecule has 2 rings (SSSR count). The number of hydrogen-bond acceptors (Lipinski definition) is 4. The Morgan fingerprint density at radius 2 is 2.40 bits per heavy atom. The van der Waals surface area contributed by atoms with Crippen molar-refractivity contribution in [3.05, 3.63) is 24.0 Å². The molecule has 1 aromatic heterocycles. The average Bonchev–Trinajstić information content (AvgIpc) is 2.59. The molecule has 1 aromatic carbocycles. The summed E-state index contributed by atoms with van der Waals surface area (Å²) in [7, 11) is 0. The van der Waals surface area contributed by atoms with Gasteiger partial charge < -0.3 is 10.4 Å². The topological polar surface area (TPSA) is 62.2 Å². The smallest absolute Gasteiger partial charge is 0.322 e. The lowest BCUT2D eigenvalue weighted by atomic mass is 10.3. The van der Waals surface area contributed by atoms with Crippen LogP contribution in [0, 0.1) is 5.82 Å². The van der Waals surface area contributed by atoms with E-state index in [4.69, 9.17) is 5.11 Å². The number of anilines is 1. The van der Waals surface area contributed by atoms with Gasteiger partial charge in [0.05, 0.1) is 4.70 Å². The Balaban J connectivity index is 2.31. The number of hydrogen-bond donors (Lipinski definition) is 2. The Morgan fingerprint density at radius 3 is 3.07 bits per heavy atom. The van der Waals surface area contributed by atoms with Gasteiger partial charge in [-0.1, -0.05) is 17.4 Å². The second-order valence-electron chi connectivity index (χ2n) is 2.85. The van der Waals surface area contributed by atoms with Gasteiger partial charge in [0.25, 0.3) is 0 Å². The van der Waals surface area contributed by atoms with E-state index in [-0.39, 0.29) is 12.1 Å². The molecule has 0 radical (unpaired) electrons. The first-order valence-corrected chi connectivity index (χ1v) is 4.99. The summed E-state index contributed by atoms with van der Waals surface area (Å²) in [6, 6.07) is 4.65. The lowest BCUT2D eigenvalue weighted by Crippen LogP contribution is -2.11. The predicted octanol–water partition coefficient (Wildman–Crippen LogP) is 1.93. The van der Waals surface area contributed by atoms with E-state index in [1.165, 1.54) is 17.4 Å². The maximum Gasteiger partial charge on any atom is 0.322 e. The molecule has 0 aliphatic rings. The number of nitrogens with zero attached hydrogens (tertiary/aromatic N) is 1. The number of benzene rings is 1. The zero-order chi connectivity index (χ0) is 10.8. The monoisotopic (exact) mass is 226 g/mol. The molecule has 1 heterocycles.